The number of hydrogen-bond donors (Lipinski definition) is 1. The molecule has 0 aromatic carbocycles. The third-order valence-electron chi connectivity index (χ3n) is 3.31. The molecule has 0 heterocycles. The highest BCUT2D eigenvalue weighted by Gasteiger charge is 2.23. The number of nitrogens with one attached hydrogen (secondary N) is 1. The lowest BCUT2D eigenvalue weighted by Gasteiger charge is -2.31. The predicted octanol–water partition coefficient (Wildman–Crippen LogP) is 2.81. The molecule has 1 nitrogen and oxygen atoms in total. The Kier molecular flexibility index (Phi) is 5.04. The summed E-state index contributed by atoms with van der Waals surface area (Å²) >= 11 is 0. The summed E-state index contributed by atoms with van der Waals surface area (Å²) < 4.78 is 0. The Labute approximate surface area is 88.7 Å². The summed E-state index contributed by atoms with van der Waals surface area (Å²) in [5.41, 5.74) is 0. The van der Waals surface area contributed by atoms with Crippen molar-refractivity contribution >= 4 is 0 Å². The van der Waals surface area contributed by atoms with Crippen LogP contribution in [0.15, 0.2) is 0 Å². The first-order chi connectivity index (χ1) is 6.74. The number of hydrogen-bond acceptors (Lipinski definition) is 1. The summed E-state index contributed by atoms with van der Waals surface area (Å²) in [6.45, 7) is 7.46. The Balaban J connectivity index is 2.27. The van der Waals surface area contributed by atoms with Crippen molar-refractivity contribution in [3.8, 4) is 11.8 Å². The van der Waals surface area contributed by atoms with Crippen molar-refractivity contribution in [2.75, 3.05) is 6.54 Å². The van der Waals surface area contributed by atoms with E-state index >= 15 is 0 Å². The van der Waals surface area contributed by atoms with E-state index in [1.165, 1.54) is 25.7 Å². The van der Waals surface area contributed by atoms with E-state index in [0.717, 1.165) is 24.4 Å². The predicted molar refractivity (Wildman–Crippen MR) is 62.0 cm³/mol. The fourth-order valence-corrected chi connectivity index (χ4v) is 2.30. The Morgan fingerprint density at radius 1 is 1.36 bits per heavy atom. The maximum atomic E-state index is 3.53. The van der Waals surface area contributed by atoms with E-state index in [4.69, 9.17) is 0 Å². The van der Waals surface area contributed by atoms with Gasteiger partial charge < -0.3 is 5.32 Å². The molecule has 1 aliphatic carbocycles. The van der Waals surface area contributed by atoms with Gasteiger partial charge in [0.15, 0.2) is 0 Å². The number of rotatable bonds is 3. The molecule has 2 unspecified atom stereocenters. The average Bonchev–Trinajstić information content (AvgIpc) is 2.19. The van der Waals surface area contributed by atoms with Gasteiger partial charge in [-0.05, 0) is 31.6 Å². The largest absolute Gasteiger partial charge is 0.303 e. The lowest BCUT2D eigenvalue weighted by molar-refractivity contribution is 0.235. The van der Waals surface area contributed by atoms with E-state index in [9.17, 15) is 0 Å². The van der Waals surface area contributed by atoms with Gasteiger partial charge in [0.25, 0.3) is 0 Å². The van der Waals surface area contributed by atoms with Crippen molar-refractivity contribution in [3.05, 3.63) is 0 Å². The van der Waals surface area contributed by atoms with Gasteiger partial charge in [0, 0.05) is 6.04 Å². The fraction of sp³-hybridized carbons (Fsp3) is 0.846. The van der Waals surface area contributed by atoms with Crippen molar-refractivity contribution in [2.45, 2.75) is 52.5 Å². The highest BCUT2D eigenvalue weighted by atomic mass is 14.9. The second kappa shape index (κ2) is 6.09. The van der Waals surface area contributed by atoms with Crippen LogP contribution in [0, 0.1) is 23.7 Å². The summed E-state index contributed by atoms with van der Waals surface area (Å²) in [4.78, 5) is 0. The SMILES string of the molecule is CC#CCNC1CCCC(C(C)C)C1. The molecule has 0 aromatic heterocycles. The van der Waals surface area contributed by atoms with Gasteiger partial charge in [0.05, 0.1) is 6.54 Å². The Hall–Kier alpha value is -0.480. The molecule has 2 atom stereocenters. The van der Waals surface area contributed by atoms with Crippen LogP contribution in [-0.4, -0.2) is 12.6 Å². The fourth-order valence-electron chi connectivity index (χ4n) is 2.30. The third kappa shape index (κ3) is 3.72. The zero-order valence-corrected chi connectivity index (χ0v) is 9.77. The van der Waals surface area contributed by atoms with Gasteiger partial charge in [-0.15, -0.1) is 5.92 Å². The minimum Gasteiger partial charge on any atom is -0.303 e. The molecular weight excluding hydrogens is 170 g/mol. The standard InChI is InChI=1S/C13H23N/c1-4-5-9-14-13-8-6-7-12(10-13)11(2)3/h11-14H,6-10H2,1-3H3. The monoisotopic (exact) mass is 193 g/mol. The third-order valence-corrected chi connectivity index (χ3v) is 3.31. The van der Waals surface area contributed by atoms with Gasteiger partial charge in [-0.2, -0.15) is 0 Å². The minimum atomic E-state index is 0.719. The summed E-state index contributed by atoms with van der Waals surface area (Å²) in [6.07, 6.45) is 5.51. The van der Waals surface area contributed by atoms with Crippen molar-refractivity contribution in [1.29, 1.82) is 0 Å². The first kappa shape index (κ1) is 11.6. The summed E-state index contributed by atoms with van der Waals surface area (Å²) in [7, 11) is 0. The zero-order valence-electron chi connectivity index (χ0n) is 9.77. The van der Waals surface area contributed by atoms with Crippen LogP contribution in [0.1, 0.15) is 46.5 Å². The highest BCUT2D eigenvalue weighted by molar-refractivity contribution is 4.98. The van der Waals surface area contributed by atoms with Crippen LogP contribution in [0.2, 0.25) is 0 Å². The molecule has 1 heteroatoms. The zero-order chi connectivity index (χ0) is 10.4. The second-order valence-electron chi connectivity index (χ2n) is 4.68. The molecule has 1 rings (SSSR count). The quantitative estimate of drug-likeness (QED) is 0.680. The smallest absolute Gasteiger partial charge is 0.0578 e. The maximum absolute atomic E-state index is 3.53. The molecule has 1 aliphatic rings. The van der Waals surface area contributed by atoms with Crippen molar-refractivity contribution in [1.82, 2.24) is 5.32 Å². The van der Waals surface area contributed by atoms with Crippen molar-refractivity contribution in [2.24, 2.45) is 11.8 Å². The van der Waals surface area contributed by atoms with Gasteiger partial charge in [0.2, 0.25) is 0 Å². The Morgan fingerprint density at radius 2 is 2.14 bits per heavy atom. The maximum Gasteiger partial charge on any atom is 0.0578 e. The normalized spacial score (nSPS) is 27.1. The molecule has 0 amide bonds. The molecule has 0 saturated heterocycles. The molecule has 0 aliphatic heterocycles. The topological polar surface area (TPSA) is 12.0 Å². The van der Waals surface area contributed by atoms with Crippen LogP contribution in [-0.2, 0) is 0 Å². The first-order valence-corrected chi connectivity index (χ1v) is 5.87. The van der Waals surface area contributed by atoms with Crippen LogP contribution in [0.5, 0.6) is 0 Å². The Bertz CT molecular complexity index is 209. The van der Waals surface area contributed by atoms with Crippen LogP contribution >= 0.6 is 0 Å². The summed E-state index contributed by atoms with van der Waals surface area (Å²) in [6, 6.07) is 0.719. The van der Waals surface area contributed by atoms with Gasteiger partial charge >= 0.3 is 0 Å². The van der Waals surface area contributed by atoms with Crippen molar-refractivity contribution < 1.29 is 0 Å². The molecular formula is C13H23N. The van der Waals surface area contributed by atoms with E-state index in [1.807, 2.05) is 6.92 Å². The van der Waals surface area contributed by atoms with Crippen LogP contribution in [0.3, 0.4) is 0 Å². The van der Waals surface area contributed by atoms with Crippen molar-refractivity contribution in [3.63, 3.8) is 0 Å². The van der Waals surface area contributed by atoms with Gasteiger partial charge in [-0.25, -0.2) is 0 Å². The summed E-state index contributed by atoms with van der Waals surface area (Å²) in [5, 5.41) is 3.53. The van der Waals surface area contributed by atoms with E-state index in [-0.39, 0.29) is 0 Å². The van der Waals surface area contributed by atoms with Crippen LogP contribution in [0.4, 0.5) is 0 Å². The molecule has 14 heavy (non-hydrogen) atoms. The van der Waals surface area contributed by atoms with Gasteiger partial charge in [-0.1, -0.05) is 32.6 Å². The van der Waals surface area contributed by atoms with Gasteiger partial charge in [0.1, 0.15) is 0 Å². The minimum absolute atomic E-state index is 0.719. The highest BCUT2D eigenvalue weighted by Crippen LogP contribution is 2.29. The molecule has 0 spiro atoms. The molecule has 1 N–H and O–H groups in total. The molecule has 1 fully saturated rings. The van der Waals surface area contributed by atoms with Gasteiger partial charge in [-0.3, -0.25) is 0 Å². The van der Waals surface area contributed by atoms with Crippen LogP contribution < -0.4 is 5.32 Å². The Morgan fingerprint density at radius 3 is 2.79 bits per heavy atom. The molecule has 0 bridgehead atoms. The summed E-state index contributed by atoms with van der Waals surface area (Å²) in [5.74, 6) is 7.78. The molecule has 0 radical (unpaired) electrons. The lowest BCUT2D eigenvalue weighted by atomic mass is 9.79. The van der Waals surface area contributed by atoms with E-state index < -0.39 is 0 Å². The second-order valence-corrected chi connectivity index (χ2v) is 4.68. The van der Waals surface area contributed by atoms with E-state index in [0.29, 0.717) is 0 Å². The first-order valence-electron chi connectivity index (χ1n) is 5.87. The average molecular weight is 193 g/mol. The van der Waals surface area contributed by atoms with Crippen LogP contribution in [0.25, 0.3) is 0 Å². The molecule has 1 saturated carbocycles. The molecule has 0 aromatic rings. The molecule has 80 valence electrons. The van der Waals surface area contributed by atoms with E-state index in [2.05, 4.69) is 31.0 Å². The lowest BCUT2D eigenvalue weighted by Crippen LogP contribution is -2.35. The van der Waals surface area contributed by atoms with E-state index in [1.54, 1.807) is 0 Å².